The molecule has 1 aliphatic heterocycles. The molecule has 0 unspecified atom stereocenters. The topological polar surface area (TPSA) is 83.7 Å². The van der Waals surface area contributed by atoms with E-state index in [0.29, 0.717) is 25.3 Å². The summed E-state index contributed by atoms with van der Waals surface area (Å²) in [5.74, 6) is -0.0666. The number of sulfonamides is 1. The normalized spacial score (nSPS) is 14.9. The molecule has 0 aliphatic carbocycles. The number of anilines is 1. The van der Waals surface area contributed by atoms with E-state index in [1.54, 1.807) is 24.1 Å². The van der Waals surface area contributed by atoms with Gasteiger partial charge in [-0.25, -0.2) is 12.7 Å². The summed E-state index contributed by atoms with van der Waals surface area (Å²) in [7, 11) is -2.06. The minimum absolute atomic E-state index is 0. The fourth-order valence-electron chi connectivity index (χ4n) is 2.97. The SMILES string of the molecule is CC(=O)N1CCCc2ccc(S(=O)(=O)N(C)CC(C)(C)CN)cc21.Cl. The van der Waals surface area contributed by atoms with E-state index in [1.807, 2.05) is 19.9 Å². The molecule has 1 amide bonds. The molecule has 142 valence electrons. The van der Waals surface area contributed by atoms with Crippen LogP contribution in [0.1, 0.15) is 32.8 Å². The number of amides is 1. The van der Waals surface area contributed by atoms with Gasteiger partial charge in [0.05, 0.1) is 4.90 Å². The Balaban J connectivity index is 0.00000312. The van der Waals surface area contributed by atoms with Gasteiger partial charge in [-0.3, -0.25) is 4.79 Å². The van der Waals surface area contributed by atoms with Crippen molar-refractivity contribution in [2.45, 2.75) is 38.5 Å². The lowest BCUT2D eigenvalue weighted by atomic mass is 9.94. The second kappa shape index (κ2) is 8.03. The van der Waals surface area contributed by atoms with Crippen LogP contribution in [0, 0.1) is 5.41 Å². The van der Waals surface area contributed by atoms with Gasteiger partial charge in [0.2, 0.25) is 15.9 Å². The molecule has 6 nitrogen and oxygen atoms in total. The molecule has 1 aromatic carbocycles. The van der Waals surface area contributed by atoms with Gasteiger partial charge in [0.25, 0.3) is 0 Å². The van der Waals surface area contributed by atoms with E-state index >= 15 is 0 Å². The van der Waals surface area contributed by atoms with Crippen LogP contribution in [0.4, 0.5) is 5.69 Å². The largest absolute Gasteiger partial charge is 0.330 e. The predicted molar refractivity (Wildman–Crippen MR) is 103 cm³/mol. The van der Waals surface area contributed by atoms with Crippen LogP contribution >= 0.6 is 12.4 Å². The summed E-state index contributed by atoms with van der Waals surface area (Å²) in [4.78, 5) is 13.7. The van der Waals surface area contributed by atoms with Crippen LogP contribution in [0.5, 0.6) is 0 Å². The first-order valence-electron chi connectivity index (χ1n) is 8.16. The number of nitrogens with two attached hydrogens (primary N) is 1. The first-order valence-corrected chi connectivity index (χ1v) is 9.60. The lowest BCUT2D eigenvalue weighted by molar-refractivity contribution is -0.116. The van der Waals surface area contributed by atoms with Crippen molar-refractivity contribution in [1.82, 2.24) is 4.31 Å². The Morgan fingerprint density at radius 2 is 2.00 bits per heavy atom. The summed E-state index contributed by atoms with van der Waals surface area (Å²) in [5.41, 5.74) is 7.13. The molecule has 0 aromatic heterocycles. The Kier molecular flexibility index (Phi) is 7.03. The van der Waals surface area contributed by atoms with Crippen LogP contribution in [-0.2, 0) is 21.2 Å². The van der Waals surface area contributed by atoms with Gasteiger partial charge in [-0.2, -0.15) is 0 Å². The van der Waals surface area contributed by atoms with E-state index in [4.69, 9.17) is 5.73 Å². The Hall–Kier alpha value is -1.15. The highest BCUT2D eigenvalue weighted by molar-refractivity contribution is 7.89. The molecule has 25 heavy (non-hydrogen) atoms. The van der Waals surface area contributed by atoms with Crippen molar-refractivity contribution >= 4 is 34.0 Å². The Labute approximate surface area is 156 Å². The molecule has 1 heterocycles. The lowest BCUT2D eigenvalue weighted by Gasteiger charge is -2.31. The van der Waals surface area contributed by atoms with Gasteiger partial charge in [0.1, 0.15) is 0 Å². The van der Waals surface area contributed by atoms with Crippen molar-refractivity contribution in [3.63, 3.8) is 0 Å². The van der Waals surface area contributed by atoms with Crippen LogP contribution in [-0.4, -0.2) is 45.3 Å². The Morgan fingerprint density at radius 1 is 1.36 bits per heavy atom. The number of hydrogen-bond acceptors (Lipinski definition) is 4. The monoisotopic (exact) mass is 389 g/mol. The van der Waals surface area contributed by atoms with E-state index < -0.39 is 10.0 Å². The van der Waals surface area contributed by atoms with Gasteiger partial charge in [-0.05, 0) is 42.5 Å². The molecular weight excluding hydrogens is 362 g/mol. The van der Waals surface area contributed by atoms with Gasteiger partial charge in [0.15, 0.2) is 0 Å². The average molecular weight is 390 g/mol. The summed E-state index contributed by atoms with van der Waals surface area (Å²) >= 11 is 0. The number of benzene rings is 1. The average Bonchev–Trinajstić information content (AvgIpc) is 2.53. The fourth-order valence-corrected chi connectivity index (χ4v) is 4.35. The third-order valence-electron chi connectivity index (χ3n) is 4.47. The Morgan fingerprint density at radius 3 is 2.56 bits per heavy atom. The molecule has 0 saturated heterocycles. The summed E-state index contributed by atoms with van der Waals surface area (Å²) in [6.45, 7) is 6.73. The van der Waals surface area contributed by atoms with Gasteiger partial charge in [-0.15, -0.1) is 12.4 Å². The van der Waals surface area contributed by atoms with E-state index in [-0.39, 0.29) is 28.6 Å². The highest BCUT2D eigenvalue weighted by Gasteiger charge is 2.29. The summed E-state index contributed by atoms with van der Waals surface area (Å²) in [6, 6.07) is 5.07. The number of rotatable bonds is 5. The highest BCUT2D eigenvalue weighted by atomic mass is 35.5. The van der Waals surface area contributed by atoms with E-state index in [9.17, 15) is 13.2 Å². The van der Waals surface area contributed by atoms with Gasteiger partial charge < -0.3 is 10.6 Å². The minimum Gasteiger partial charge on any atom is -0.330 e. The van der Waals surface area contributed by atoms with Gasteiger partial charge >= 0.3 is 0 Å². The van der Waals surface area contributed by atoms with Crippen LogP contribution in [0.2, 0.25) is 0 Å². The van der Waals surface area contributed by atoms with Crippen molar-refractivity contribution in [1.29, 1.82) is 0 Å². The van der Waals surface area contributed by atoms with E-state index in [1.165, 1.54) is 11.2 Å². The maximum atomic E-state index is 12.9. The molecule has 0 saturated carbocycles. The second-order valence-electron chi connectivity index (χ2n) is 7.19. The lowest BCUT2D eigenvalue weighted by Crippen LogP contribution is -2.40. The molecule has 0 radical (unpaired) electrons. The molecule has 1 aliphatic rings. The molecule has 1 aromatic rings. The van der Waals surface area contributed by atoms with Crippen molar-refractivity contribution in [2.75, 3.05) is 31.6 Å². The fraction of sp³-hybridized carbons (Fsp3) is 0.588. The number of hydrogen-bond donors (Lipinski definition) is 1. The molecular formula is C17H28ClN3O3S. The molecule has 0 fully saturated rings. The maximum absolute atomic E-state index is 12.9. The summed E-state index contributed by atoms with van der Waals surface area (Å²) in [5, 5.41) is 0. The smallest absolute Gasteiger partial charge is 0.242 e. The zero-order valence-electron chi connectivity index (χ0n) is 15.3. The number of fused-ring (bicyclic) bond motifs is 1. The maximum Gasteiger partial charge on any atom is 0.242 e. The highest BCUT2D eigenvalue weighted by Crippen LogP contribution is 2.31. The van der Waals surface area contributed by atoms with Crippen LogP contribution in [0.25, 0.3) is 0 Å². The van der Waals surface area contributed by atoms with Crippen molar-refractivity contribution in [3.05, 3.63) is 23.8 Å². The number of aryl methyl sites for hydroxylation is 1. The van der Waals surface area contributed by atoms with Crippen LogP contribution < -0.4 is 10.6 Å². The molecule has 2 N–H and O–H groups in total. The molecule has 0 bridgehead atoms. The quantitative estimate of drug-likeness (QED) is 0.834. The molecule has 8 heteroatoms. The molecule has 2 rings (SSSR count). The number of carbonyl (C=O) groups is 1. The first kappa shape index (κ1) is 21.9. The summed E-state index contributed by atoms with van der Waals surface area (Å²) in [6.07, 6.45) is 1.75. The zero-order chi connectivity index (χ0) is 18.1. The number of nitrogens with zero attached hydrogens (tertiary/aromatic N) is 2. The van der Waals surface area contributed by atoms with E-state index in [2.05, 4.69) is 0 Å². The van der Waals surface area contributed by atoms with Crippen molar-refractivity contribution < 1.29 is 13.2 Å². The third kappa shape index (κ3) is 4.73. The van der Waals surface area contributed by atoms with Gasteiger partial charge in [-0.1, -0.05) is 19.9 Å². The Bertz CT molecular complexity index is 735. The zero-order valence-corrected chi connectivity index (χ0v) is 16.9. The number of halogens is 1. The third-order valence-corrected chi connectivity index (χ3v) is 6.27. The number of carbonyl (C=O) groups excluding carboxylic acids is 1. The minimum atomic E-state index is -3.63. The van der Waals surface area contributed by atoms with E-state index in [0.717, 1.165) is 18.4 Å². The van der Waals surface area contributed by atoms with Crippen molar-refractivity contribution in [2.24, 2.45) is 11.1 Å². The van der Waals surface area contributed by atoms with Crippen LogP contribution in [0.3, 0.4) is 0 Å². The van der Waals surface area contributed by atoms with Crippen LogP contribution in [0.15, 0.2) is 23.1 Å². The predicted octanol–water partition coefficient (Wildman–Crippen LogP) is 2.01. The first-order chi connectivity index (χ1) is 11.1. The second-order valence-corrected chi connectivity index (χ2v) is 9.24. The molecule has 0 spiro atoms. The summed E-state index contributed by atoms with van der Waals surface area (Å²) < 4.78 is 27.1. The van der Waals surface area contributed by atoms with Crippen molar-refractivity contribution in [3.8, 4) is 0 Å². The standard InChI is InChI=1S/C17H27N3O3S.ClH/c1-13(21)20-9-5-6-14-7-8-15(10-16(14)20)24(22,23)19(4)12-17(2,3)11-18;/h7-8,10H,5-6,9,11-12,18H2,1-4H3;1H. The van der Waals surface area contributed by atoms with Gasteiger partial charge in [0, 0.05) is 32.7 Å². The molecule has 0 atom stereocenters.